The fraction of sp³-hybridized carbons (Fsp3) is 0.300. The maximum atomic E-state index is 5.96. The Morgan fingerprint density at radius 2 is 0.816 bits per heavy atom. The number of nitrogens with zero attached hydrogens (tertiary/aromatic N) is 12. The third kappa shape index (κ3) is 10.9. The second kappa shape index (κ2) is 23.3. The van der Waals surface area contributed by atoms with Crippen molar-refractivity contribution in [2.24, 2.45) is 0 Å². The van der Waals surface area contributed by atoms with E-state index in [1.54, 1.807) is 0 Å². The molecule has 0 bridgehead atoms. The molecule has 76 heavy (non-hydrogen) atoms. The Labute approximate surface area is 444 Å². The van der Waals surface area contributed by atoms with Gasteiger partial charge in [0, 0.05) is 76.6 Å². The molecule has 0 amide bonds. The van der Waals surface area contributed by atoms with Gasteiger partial charge in [-0.1, -0.05) is 146 Å². The number of hydrogen-bond acceptors (Lipinski definition) is 14. The minimum Gasteiger partial charge on any atom is -0.454 e. The van der Waals surface area contributed by atoms with Crippen molar-refractivity contribution < 1.29 is 18.9 Å². The number of ether oxygens (including phenoxy) is 4. The molecule has 0 saturated carbocycles. The Balaban J connectivity index is 0.000000162. The van der Waals surface area contributed by atoms with Crippen LogP contribution in [0.1, 0.15) is 68.2 Å². The number of aromatic nitrogens is 8. The fourth-order valence-electron chi connectivity index (χ4n) is 10.9. The highest BCUT2D eigenvalue weighted by Gasteiger charge is 2.37. The smallest absolute Gasteiger partial charge is 0.231 e. The standard InChI is InChI=1S/2C30H32N6O2/c2*1-22-9-6-10-23(2)27(22)36-30(31-32-33-36)28(25-14-7-15-26-29(25)38-21-37-26)35-19-17-34(18-20-35)16-8-13-24-11-4-3-5-12-24/h2*3-15,28H,16-21H2,1-2H3/b2*13-8+/t2*28-/m10/s1. The van der Waals surface area contributed by atoms with Gasteiger partial charge < -0.3 is 18.9 Å². The lowest BCUT2D eigenvalue weighted by molar-refractivity contribution is 0.111. The van der Waals surface area contributed by atoms with Gasteiger partial charge in [0.1, 0.15) is 12.1 Å². The third-order valence-electron chi connectivity index (χ3n) is 14.7. The Morgan fingerprint density at radius 3 is 1.21 bits per heavy atom. The van der Waals surface area contributed by atoms with Crippen LogP contribution in [0, 0.1) is 27.7 Å². The van der Waals surface area contributed by atoms with E-state index >= 15 is 0 Å². The molecule has 8 aromatic rings. The van der Waals surface area contributed by atoms with E-state index in [1.807, 2.05) is 45.8 Å². The highest BCUT2D eigenvalue weighted by molar-refractivity contribution is 5.55. The topological polar surface area (TPSA) is 137 Å². The Hall–Kier alpha value is -8.02. The Morgan fingerprint density at radius 1 is 0.434 bits per heavy atom. The molecular weight excluding hydrogens is 953 g/mol. The lowest BCUT2D eigenvalue weighted by Gasteiger charge is -2.38. The van der Waals surface area contributed by atoms with Crippen LogP contribution in [0.15, 0.2) is 146 Å². The molecule has 6 heterocycles. The number of piperazine rings is 2. The van der Waals surface area contributed by atoms with Gasteiger partial charge in [0.05, 0.1) is 11.4 Å². The monoisotopic (exact) mass is 1020 g/mol. The summed E-state index contributed by atoms with van der Waals surface area (Å²) in [5.74, 6) is 4.66. The molecule has 0 N–H and O–H groups in total. The molecule has 16 nitrogen and oxygen atoms in total. The first-order valence-electron chi connectivity index (χ1n) is 26.2. The van der Waals surface area contributed by atoms with Crippen LogP contribution in [0.25, 0.3) is 23.5 Å². The molecule has 12 rings (SSSR count). The predicted octanol–water partition coefficient (Wildman–Crippen LogP) is 8.86. The number of benzene rings is 6. The van der Waals surface area contributed by atoms with Crippen molar-refractivity contribution in [3.63, 3.8) is 0 Å². The minimum atomic E-state index is -0.178. The third-order valence-corrected chi connectivity index (χ3v) is 14.7. The summed E-state index contributed by atoms with van der Waals surface area (Å²) in [4.78, 5) is 9.89. The van der Waals surface area contributed by atoms with Crippen molar-refractivity contribution in [1.29, 1.82) is 0 Å². The molecule has 2 saturated heterocycles. The molecule has 4 aliphatic heterocycles. The van der Waals surface area contributed by atoms with Crippen LogP contribution in [0.5, 0.6) is 23.0 Å². The van der Waals surface area contributed by atoms with Gasteiger partial charge in [0.15, 0.2) is 34.6 Å². The molecule has 6 aromatic carbocycles. The van der Waals surface area contributed by atoms with E-state index in [4.69, 9.17) is 18.9 Å². The molecule has 0 unspecified atom stereocenters. The number of aryl methyl sites for hydroxylation is 4. The molecule has 16 heteroatoms. The van der Waals surface area contributed by atoms with E-state index in [0.717, 1.165) is 145 Å². The van der Waals surface area contributed by atoms with E-state index in [9.17, 15) is 0 Å². The second-order valence-corrected chi connectivity index (χ2v) is 19.6. The maximum absolute atomic E-state index is 5.96. The highest BCUT2D eigenvalue weighted by atomic mass is 16.7. The summed E-state index contributed by atoms with van der Waals surface area (Å²) in [5.41, 5.74) is 11.1. The first kappa shape index (κ1) is 50.2. The van der Waals surface area contributed by atoms with Crippen LogP contribution in [0.4, 0.5) is 0 Å². The van der Waals surface area contributed by atoms with Crippen LogP contribution in [-0.2, 0) is 0 Å². The van der Waals surface area contributed by atoms with Gasteiger partial charge in [-0.05, 0) is 94.1 Å². The van der Waals surface area contributed by atoms with Gasteiger partial charge in [0.25, 0.3) is 0 Å². The highest BCUT2D eigenvalue weighted by Crippen LogP contribution is 2.44. The SMILES string of the molecule is Cc1cccc(C)c1-n1nnnc1[C@@H](c1cccc2c1OCO2)N1CCN(C/C=C/c2ccccc2)CC1.Cc1cccc(C)c1-n1nnnc1[C@H](c1cccc2c1OCO2)N1CCN(C/C=C/c2ccccc2)CC1. The van der Waals surface area contributed by atoms with Gasteiger partial charge in [-0.3, -0.25) is 19.6 Å². The summed E-state index contributed by atoms with van der Waals surface area (Å²) in [7, 11) is 0. The van der Waals surface area contributed by atoms with Gasteiger partial charge in [0.2, 0.25) is 13.6 Å². The van der Waals surface area contributed by atoms with Crippen LogP contribution >= 0.6 is 0 Å². The van der Waals surface area contributed by atoms with Crippen molar-refractivity contribution in [1.82, 2.24) is 60.0 Å². The molecule has 0 spiro atoms. The summed E-state index contributed by atoms with van der Waals surface area (Å²) in [6.45, 7) is 18.0. The van der Waals surface area contributed by atoms with E-state index < -0.39 is 0 Å². The zero-order valence-corrected chi connectivity index (χ0v) is 43.7. The number of rotatable bonds is 14. The number of hydrogen-bond donors (Lipinski definition) is 0. The van der Waals surface area contributed by atoms with E-state index in [-0.39, 0.29) is 25.7 Å². The summed E-state index contributed by atoms with van der Waals surface area (Å²) in [6, 6.07) is 45.2. The number of para-hydroxylation sites is 4. The van der Waals surface area contributed by atoms with Gasteiger partial charge in [-0.15, -0.1) is 10.2 Å². The predicted molar refractivity (Wildman–Crippen MR) is 293 cm³/mol. The van der Waals surface area contributed by atoms with Crippen molar-refractivity contribution in [3.05, 3.63) is 202 Å². The molecule has 0 aliphatic carbocycles. The lowest BCUT2D eigenvalue weighted by atomic mass is 10.0. The van der Waals surface area contributed by atoms with Crippen LogP contribution in [0.2, 0.25) is 0 Å². The lowest BCUT2D eigenvalue weighted by Crippen LogP contribution is -2.48. The summed E-state index contributed by atoms with van der Waals surface area (Å²) in [6.07, 6.45) is 8.88. The Bertz CT molecular complexity index is 3030. The first-order chi connectivity index (χ1) is 37.4. The van der Waals surface area contributed by atoms with E-state index in [1.165, 1.54) is 11.1 Å². The maximum Gasteiger partial charge on any atom is 0.231 e. The van der Waals surface area contributed by atoms with Gasteiger partial charge in [-0.2, -0.15) is 9.36 Å². The minimum absolute atomic E-state index is 0.178. The van der Waals surface area contributed by atoms with E-state index in [2.05, 4.69) is 200 Å². The average molecular weight is 1020 g/mol. The summed E-state index contributed by atoms with van der Waals surface area (Å²) < 4.78 is 27.2. The van der Waals surface area contributed by atoms with E-state index in [0.29, 0.717) is 0 Å². The van der Waals surface area contributed by atoms with Crippen molar-refractivity contribution in [2.45, 2.75) is 39.8 Å². The quantitative estimate of drug-likeness (QED) is 0.103. The molecular formula is C60H64N12O4. The second-order valence-electron chi connectivity index (χ2n) is 19.6. The summed E-state index contributed by atoms with van der Waals surface area (Å²) >= 11 is 0. The van der Waals surface area contributed by atoms with Crippen LogP contribution < -0.4 is 18.9 Å². The molecule has 2 aromatic heterocycles. The van der Waals surface area contributed by atoms with Crippen molar-refractivity contribution in [3.8, 4) is 34.4 Å². The molecule has 2 fully saturated rings. The average Bonchev–Trinajstić information content (AvgIpc) is 4.35. The fourth-order valence-corrected chi connectivity index (χ4v) is 10.9. The van der Waals surface area contributed by atoms with Crippen LogP contribution in [0.3, 0.4) is 0 Å². The zero-order valence-electron chi connectivity index (χ0n) is 43.7. The molecule has 2 atom stereocenters. The first-order valence-corrected chi connectivity index (χ1v) is 26.2. The molecule has 388 valence electrons. The molecule has 4 aliphatic rings. The van der Waals surface area contributed by atoms with Gasteiger partial charge in [-0.25, -0.2) is 0 Å². The molecule has 0 radical (unpaired) electrons. The van der Waals surface area contributed by atoms with Crippen LogP contribution in [-0.4, -0.2) is 139 Å². The Kier molecular flexibility index (Phi) is 15.3. The number of tetrazole rings is 2. The van der Waals surface area contributed by atoms with Crippen molar-refractivity contribution >= 4 is 12.2 Å². The van der Waals surface area contributed by atoms with Gasteiger partial charge >= 0.3 is 0 Å². The largest absolute Gasteiger partial charge is 0.454 e. The normalized spacial score (nSPS) is 16.8. The number of fused-ring (bicyclic) bond motifs is 2. The summed E-state index contributed by atoms with van der Waals surface area (Å²) in [5, 5.41) is 26.4. The zero-order chi connectivity index (χ0) is 51.8. The van der Waals surface area contributed by atoms with Crippen molar-refractivity contribution in [2.75, 3.05) is 79.0 Å².